The van der Waals surface area contributed by atoms with Gasteiger partial charge in [0.1, 0.15) is 11.6 Å². The summed E-state index contributed by atoms with van der Waals surface area (Å²) in [4.78, 5) is 11.9. The van der Waals surface area contributed by atoms with Crippen LogP contribution in [0.25, 0.3) is 0 Å². The summed E-state index contributed by atoms with van der Waals surface area (Å²) in [5.74, 6) is -1.92. The molecule has 0 bridgehead atoms. The number of benzene rings is 1. The Kier molecular flexibility index (Phi) is 4.24. The zero-order valence-corrected chi connectivity index (χ0v) is 11.2. The van der Waals surface area contributed by atoms with Crippen molar-refractivity contribution in [3.8, 4) is 0 Å². The molecule has 104 valence electrons. The smallest absolute Gasteiger partial charge is 0.272 e. The van der Waals surface area contributed by atoms with Crippen LogP contribution in [0.15, 0.2) is 30.3 Å². The number of amides is 1. The number of halogens is 3. The lowest BCUT2D eigenvalue weighted by molar-refractivity contribution is 0.0933. The van der Waals surface area contributed by atoms with Crippen LogP contribution in [-0.4, -0.2) is 16.1 Å². The summed E-state index contributed by atoms with van der Waals surface area (Å²) in [5, 5.41) is 9.87. The van der Waals surface area contributed by atoms with Gasteiger partial charge >= 0.3 is 0 Å². The zero-order valence-electron chi connectivity index (χ0n) is 10.4. The number of hydrogen-bond acceptors (Lipinski definition) is 3. The van der Waals surface area contributed by atoms with E-state index in [1.165, 1.54) is 18.2 Å². The van der Waals surface area contributed by atoms with Gasteiger partial charge in [0.05, 0.1) is 6.04 Å². The topological polar surface area (TPSA) is 54.9 Å². The largest absolute Gasteiger partial charge is 0.344 e. The van der Waals surface area contributed by atoms with Crippen LogP contribution in [-0.2, 0) is 0 Å². The molecule has 0 unspecified atom stereocenters. The van der Waals surface area contributed by atoms with Crippen molar-refractivity contribution in [3.63, 3.8) is 0 Å². The van der Waals surface area contributed by atoms with Crippen LogP contribution in [0.5, 0.6) is 0 Å². The van der Waals surface area contributed by atoms with E-state index in [0.717, 1.165) is 12.1 Å². The number of aromatic nitrogens is 2. The van der Waals surface area contributed by atoms with E-state index < -0.39 is 23.6 Å². The molecule has 0 aliphatic carbocycles. The Bertz CT molecular complexity index is 634. The Morgan fingerprint density at radius 2 is 2.00 bits per heavy atom. The molecule has 0 radical (unpaired) electrons. The van der Waals surface area contributed by atoms with Gasteiger partial charge in [-0.2, -0.15) is 0 Å². The maximum absolute atomic E-state index is 13.6. The minimum atomic E-state index is -0.722. The van der Waals surface area contributed by atoms with E-state index >= 15 is 0 Å². The van der Waals surface area contributed by atoms with Crippen molar-refractivity contribution in [1.29, 1.82) is 0 Å². The molecule has 7 heteroatoms. The molecule has 0 aliphatic heterocycles. The van der Waals surface area contributed by atoms with E-state index in [1.54, 1.807) is 6.92 Å². The molecular formula is C13H10ClF2N3O. The molecular weight excluding hydrogens is 288 g/mol. The number of carbonyl (C=O) groups excluding carboxylic acids is 1. The third-order valence-electron chi connectivity index (χ3n) is 2.64. The van der Waals surface area contributed by atoms with Crippen LogP contribution in [0.4, 0.5) is 8.78 Å². The minimum Gasteiger partial charge on any atom is -0.344 e. The maximum Gasteiger partial charge on any atom is 0.272 e. The number of nitrogens with one attached hydrogen (secondary N) is 1. The third-order valence-corrected chi connectivity index (χ3v) is 2.84. The summed E-state index contributed by atoms with van der Waals surface area (Å²) in [6, 6.07) is 5.36. The van der Waals surface area contributed by atoms with Crippen LogP contribution in [0.2, 0.25) is 5.15 Å². The van der Waals surface area contributed by atoms with E-state index in [1.807, 2.05) is 0 Å². The first-order valence-electron chi connectivity index (χ1n) is 5.72. The van der Waals surface area contributed by atoms with Gasteiger partial charge in [-0.3, -0.25) is 4.79 Å². The Morgan fingerprint density at radius 3 is 2.60 bits per heavy atom. The molecule has 0 fully saturated rings. The first-order valence-corrected chi connectivity index (χ1v) is 6.10. The van der Waals surface area contributed by atoms with Crippen LogP contribution in [0.3, 0.4) is 0 Å². The minimum absolute atomic E-state index is 0.0590. The highest BCUT2D eigenvalue weighted by Crippen LogP contribution is 2.18. The lowest BCUT2D eigenvalue weighted by Crippen LogP contribution is -2.28. The van der Waals surface area contributed by atoms with Crippen molar-refractivity contribution >= 4 is 17.5 Å². The van der Waals surface area contributed by atoms with E-state index in [4.69, 9.17) is 11.6 Å². The highest BCUT2D eigenvalue weighted by atomic mass is 35.5. The number of carbonyl (C=O) groups is 1. The molecule has 4 nitrogen and oxygen atoms in total. The second-order valence-corrected chi connectivity index (χ2v) is 4.49. The fourth-order valence-corrected chi connectivity index (χ4v) is 1.74. The van der Waals surface area contributed by atoms with Gasteiger partial charge in [-0.25, -0.2) is 8.78 Å². The molecule has 0 saturated heterocycles. The van der Waals surface area contributed by atoms with E-state index in [2.05, 4.69) is 15.5 Å². The molecule has 0 aliphatic rings. The van der Waals surface area contributed by atoms with Gasteiger partial charge in [-0.05, 0) is 25.1 Å². The quantitative estimate of drug-likeness (QED) is 0.948. The number of hydrogen-bond donors (Lipinski definition) is 1. The van der Waals surface area contributed by atoms with Gasteiger partial charge in [0, 0.05) is 11.6 Å². The zero-order chi connectivity index (χ0) is 14.7. The lowest BCUT2D eigenvalue weighted by atomic mass is 10.1. The summed E-state index contributed by atoms with van der Waals surface area (Å²) in [7, 11) is 0. The van der Waals surface area contributed by atoms with Gasteiger partial charge in [-0.15, -0.1) is 10.2 Å². The highest BCUT2D eigenvalue weighted by molar-refractivity contribution is 6.29. The Hall–Kier alpha value is -2.08. The van der Waals surface area contributed by atoms with Crippen molar-refractivity contribution in [3.05, 3.63) is 58.4 Å². The van der Waals surface area contributed by atoms with Gasteiger partial charge < -0.3 is 5.32 Å². The van der Waals surface area contributed by atoms with E-state index in [0.29, 0.717) is 0 Å². The molecule has 0 spiro atoms. The first kappa shape index (κ1) is 14.3. The fraction of sp³-hybridized carbons (Fsp3) is 0.154. The van der Waals surface area contributed by atoms with Crippen LogP contribution in [0, 0.1) is 11.6 Å². The van der Waals surface area contributed by atoms with Crippen LogP contribution in [0.1, 0.15) is 29.0 Å². The molecule has 2 rings (SSSR count). The van der Waals surface area contributed by atoms with Gasteiger partial charge in [0.15, 0.2) is 10.8 Å². The molecule has 1 aromatic carbocycles. The standard InChI is InChI=1S/C13H10ClF2N3O/c1-7(9-3-2-8(15)6-10(9)16)17-13(20)11-4-5-12(14)19-18-11/h2-7H,1H3,(H,17,20)/t7-/m0/s1. The molecule has 20 heavy (non-hydrogen) atoms. The second-order valence-electron chi connectivity index (χ2n) is 4.10. The summed E-state index contributed by atoms with van der Waals surface area (Å²) in [6.45, 7) is 1.58. The van der Waals surface area contributed by atoms with Crippen molar-refractivity contribution in [2.75, 3.05) is 0 Å². The summed E-state index contributed by atoms with van der Waals surface area (Å²) in [6.07, 6.45) is 0. The van der Waals surface area contributed by atoms with E-state index in [-0.39, 0.29) is 16.4 Å². The molecule has 1 N–H and O–H groups in total. The molecule has 2 aromatic rings. The summed E-state index contributed by atoms with van der Waals surface area (Å²) >= 11 is 5.56. The molecule has 0 saturated carbocycles. The Balaban J connectivity index is 2.12. The normalized spacial score (nSPS) is 12.0. The SMILES string of the molecule is C[C@H](NC(=O)c1ccc(Cl)nn1)c1ccc(F)cc1F. The summed E-state index contributed by atoms with van der Waals surface area (Å²) < 4.78 is 26.4. The van der Waals surface area contributed by atoms with Crippen molar-refractivity contribution in [2.24, 2.45) is 0 Å². The highest BCUT2D eigenvalue weighted by Gasteiger charge is 2.16. The predicted molar refractivity (Wildman–Crippen MR) is 69.3 cm³/mol. The Labute approximate surface area is 118 Å². The van der Waals surface area contributed by atoms with Gasteiger partial charge in [0.25, 0.3) is 5.91 Å². The van der Waals surface area contributed by atoms with Crippen molar-refractivity contribution < 1.29 is 13.6 Å². The lowest BCUT2D eigenvalue weighted by Gasteiger charge is -2.14. The fourth-order valence-electron chi connectivity index (χ4n) is 1.64. The first-order chi connectivity index (χ1) is 9.47. The average Bonchev–Trinajstić information content (AvgIpc) is 2.39. The molecule has 1 heterocycles. The van der Waals surface area contributed by atoms with Gasteiger partial charge in [0.2, 0.25) is 0 Å². The predicted octanol–water partition coefficient (Wildman–Crippen LogP) is 2.90. The average molecular weight is 298 g/mol. The van der Waals surface area contributed by atoms with Crippen LogP contribution < -0.4 is 5.32 Å². The Morgan fingerprint density at radius 1 is 1.25 bits per heavy atom. The van der Waals surface area contributed by atoms with Gasteiger partial charge in [-0.1, -0.05) is 17.7 Å². The molecule has 1 amide bonds. The maximum atomic E-state index is 13.6. The monoisotopic (exact) mass is 297 g/mol. The van der Waals surface area contributed by atoms with Crippen LogP contribution >= 0.6 is 11.6 Å². The summed E-state index contributed by atoms with van der Waals surface area (Å²) in [5.41, 5.74) is 0.241. The second kappa shape index (κ2) is 5.92. The third kappa shape index (κ3) is 3.27. The number of rotatable bonds is 3. The van der Waals surface area contributed by atoms with Crippen molar-refractivity contribution in [2.45, 2.75) is 13.0 Å². The van der Waals surface area contributed by atoms with Crippen molar-refractivity contribution in [1.82, 2.24) is 15.5 Å². The van der Waals surface area contributed by atoms with E-state index in [9.17, 15) is 13.6 Å². The molecule has 1 atom stereocenters. The molecule has 1 aromatic heterocycles. The number of nitrogens with zero attached hydrogens (tertiary/aromatic N) is 2.